The van der Waals surface area contributed by atoms with E-state index in [1.54, 1.807) is 11.3 Å². The van der Waals surface area contributed by atoms with Gasteiger partial charge in [0.15, 0.2) is 0 Å². The van der Waals surface area contributed by atoms with Gasteiger partial charge < -0.3 is 5.32 Å². The van der Waals surface area contributed by atoms with Gasteiger partial charge in [-0.3, -0.25) is 5.43 Å². The lowest BCUT2D eigenvalue weighted by molar-refractivity contribution is 0.304. The Kier molecular flexibility index (Phi) is 4.77. The van der Waals surface area contributed by atoms with E-state index >= 15 is 0 Å². The van der Waals surface area contributed by atoms with Gasteiger partial charge in [0.1, 0.15) is 5.82 Å². The third-order valence-corrected chi connectivity index (χ3v) is 4.56. The van der Waals surface area contributed by atoms with Gasteiger partial charge >= 0.3 is 0 Å². The van der Waals surface area contributed by atoms with Crippen LogP contribution in [0.25, 0.3) is 10.2 Å². The first-order chi connectivity index (χ1) is 9.52. The molecule has 6 heteroatoms. The van der Waals surface area contributed by atoms with Gasteiger partial charge in [-0.2, -0.15) is 4.98 Å². The van der Waals surface area contributed by atoms with Crippen LogP contribution in [0.3, 0.4) is 0 Å². The normalized spacial score (nSPS) is 11.8. The maximum atomic E-state index is 5.43. The smallest absolute Gasteiger partial charge is 0.239 e. The van der Waals surface area contributed by atoms with E-state index in [4.69, 9.17) is 5.84 Å². The Bertz CT molecular complexity index is 556. The van der Waals surface area contributed by atoms with Crippen LogP contribution < -0.4 is 16.6 Å². The third-order valence-electron chi connectivity index (χ3n) is 3.65. The molecule has 2 rings (SSSR count). The van der Waals surface area contributed by atoms with Crippen molar-refractivity contribution in [3.8, 4) is 0 Å². The van der Waals surface area contributed by atoms with E-state index in [1.807, 2.05) is 11.4 Å². The van der Waals surface area contributed by atoms with Crippen LogP contribution in [-0.2, 0) is 0 Å². The van der Waals surface area contributed by atoms with Gasteiger partial charge in [0, 0.05) is 6.54 Å². The lowest BCUT2D eigenvalue weighted by Crippen LogP contribution is -2.25. The summed E-state index contributed by atoms with van der Waals surface area (Å²) >= 11 is 1.65. The first-order valence-corrected chi connectivity index (χ1v) is 7.86. The molecule has 0 amide bonds. The number of nitrogens with one attached hydrogen (secondary N) is 2. The van der Waals surface area contributed by atoms with Crippen LogP contribution in [0, 0.1) is 17.8 Å². The maximum Gasteiger partial charge on any atom is 0.239 e. The topological polar surface area (TPSA) is 75.9 Å². The number of anilines is 2. The minimum atomic E-state index is 0.448. The second-order valence-electron chi connectivity index (χ2n) is 5.71. The fourth-order valence-electron chi connectivity index (χ4n) is 2.50. The van der Waals surface area contributed by atoms with E-state index in [0.717, 1.165) is 22.6 Å². The Morgan fingerprint density at radius 2 is 1.90 bits per heavy atom. The molecule has 0 aliphatic heterocycles. The highest BCUT2D eigenvalue weighted by Gasteiger charge is 2.18. The quantitative estimate of drug-likeness (QED) is 0.562. The molecule has 0 spiro atoms. The standard InChI is InChI=1S/C14H23N5S/c1-8(2)10(9(3)4)7-16-13-12-11(5-6-20-12)17-14(18-13)19-15/h5-6,8-10H,7,15H2,1-4H3,(H2,16,17,18,19). The predicted molar refractivity (Wildman–Crippen MR) is 86.9 cm³/mol. The molecule has 0 aliphatic carbocycles. The SMILES string of the molecule is CC(C)C(CNc1nc(NN)nc2ccsc12)C(C)C. The Labute approximate surface area is 124 Å². The largest absolute Gasteiger partial charge is 0.368 e. The lowest BCUT2D eigenvalue weighted by Gasteiger charge is -2.25. The van der Waals surface area contributed by atoms with Crippen LogP contribution in [0.5, 0.6) is 0 Å². The second kappa shape index (κ2) is 6.37. The highest BCUT2D eigenvalue weighted by atomic mass is 32.1. The van der Waals surface area contributed by atoms with Gasteiger partial charge in [-0.25, -0.2) is 10.8 Å². The molecule has 4 N–H and O–H groups in total. The number of nitrogens with two attached hydrogens (primary N) is 1. The van der Waals surface area contributed by atoms with E-state index < -0.39 is 0 Å². The average molecular weight is 293 g/mol. The monoisotopic (exact) mass is 293 g/mol. The number of nitrogen functional groups attached to an aromatic ring is 1. The first kappa shape index (κ1) is 15.0. The van der Waals surface area contributed by atoms with Gasteiger partial charge in [-0.15, -0.1) is 11.3 Å². The van der Waals surface area contributed by atoms with Gasteiger partial charge in [-0.1, -0.05) is 27.7 Å². The van der Waals surface area contributed by atoms with Crippen molar-refractivity contribution in [2.45, 2.75) is 27.7 Å². The number of nitrogens with zero attached hydrogens (tertiary/aromatic N) is 2. The number of fused-ring (bicyclic) bond motifs is 1. The maximum absolute atomic E-state index is 5.43. The highest BCUT2D eigenvalue weighted by molar-refractivity contribution is 7.17. The molecule has 2 aromatic heterocycles. The zero-order valence-electron chi connectivity index (χ0n) is 12.5. The summed E-state index contributed by atoms with van der Waals surface area (Å²) in [6.45, 7) is 9.96. The van der Waals surface area contributed by atoms with E-state index in [2.05, 4.69) is 48.4 Å². The van der Waals surface area contributed by atoms with E-state index in [9.17, 15) is 0 Å². The van der Waals surface area contributed by atoms with Crippen molar-refractivity contribution in [3.05, 3.63) is 11.4 Å². The Hall–Kier alpha value is -1.40. The summed E-state index contributed by atoms with van der Waals surface area (Å²) in [6.07, 6.45) is 0. The van der Waals surface area contributed by atoms with Crippen LogP contribution in [-0.4, -0.2) is 16.5 Å². The minimum Gasteiger partial charge on any atom is -0.368 e. The molecule has 0 radical (unpaired) electrons. The third kappa shape index (κ3) is 3.19. The van der Waals surface area contributed by atoms with Gasteiger partial charge in [0.25, 0.3) is 0 Å². The molecule has 20 heavy (non-hydrogen) atoms. The van der Waals surface area contributed by atoms with Gasteiger partial charge in [0.2, 0.25) is 5.95 Å². The predicted octanol–water partition coefficient (Wildman–Crippen LogP) is 3.32. The minimum absolute atomic E-state index is 0.448. The van der Waals surface area contributed by atoms with E-state index in [-0.39, 0.29) is 0 Å². The molecule has 0 fully saturated rings. The van der Waals surface area contributed by atoms with Crippen molar-refractivity contribution in [2.75, 3.05) is 17.3 Å². The zero-order chi connectivity index (χ0) is 14.7. The molecule has 0 unspecified atom stereocenters. The number of hydrogen-bond acceptors (Lipinski definition) is 6. The van der Waals surface area contributed by atoms with Crippen molar-refractivity contribution < 1.29 is 0 Å². The van der Waals surface area contributed by atoms with Crippen LogP contribution >= 0.6 is 11.3 Å². The summed E-state index contributed by atoms with van der Waals surface area (Å²) in [5, 5.41) is 5.50. The van der Waals surface area contributed by atoms with Crippen LogP contribution in [0.2, 0.25) is 0 Å². The van der Waals surface area contributed by atoms with Crippen molar-refractivity contribution in [1.29, 1.82) is 0 Å². The van der Waals surface area contributed by atoms with Crippen LogP contribution in [0.15, 0.2) is 11.4 Å². The van der Waals surface area contributed by atoms with Gasteiger partial charge in [0.05, 0.1) is 10.2 Å². The highest BCUT2D eigenvalue weighted by Crippen LogP contribution is 2.28. The van der Waals surface area contributed by atoms with Crippen molar-refractivity contribution in [1.82, 2.24) is 9.97 Å². The molecule has 0 saturated heterocycles. The molecule has 0 bridgehead atoms. The summed E-state index contributed by atoms with van der Waals surface area (Å²) in [7, 11) is 0. The first-order valence-electron chi connectivity index (χ1n) is 6.98. The molecular formula is C14H23N5S. The Morgan fingerprint density at radius 1 is 1.20 bits per heavy atom. The van der Waals surface area contributed by atoms with E-state index in [1.165, 1.54) is 0 Å². The molecule has 2 aromatic rings. The van der Waals surface area contributed by atoms with Gasteiger partial charge in [-0.05, 0) is 29.2 Å². The average Bonchev–Trinajstić information content (AvgIpc) is 2.85. The number of hydrazine groups is 1. The van der Waals surface area contributed by atoms with Crippen molar-refractivity contribution >= 4 is 33.3 Å². The lowest BCUT2D eigenvalue weighted by atomic mass is 9.85. The number of rotatable bonds is 6. The molecular weight excluding hydrogens is 270 g/mol. The molecule has 0 aliphatic rings. The molecule has 0 atom stereocenters. The zero-order valence-corrected chi connectivity index (χ0v) is 13.3. The summed E-state index contributed by atoms with van der Waals surface area (Å²) < 4.78 is 1.08. The van der Waals surface area contributed by atoms with Crippen molar-refractivity contribution in [3.63, 3.8) is 0 Å². The molecule has 0 aromatic carbocycles. The number of aromatic nitrogens is 2. The van der Waals surface area contributed by atoms with E-state index in [0.29, 0.717) is 23.7 Å². The Morgan fingerprint density at radius 3 is 2.50 bits per heavy atom. The van der Waals surface area contributed by atoms with Crippen LogP contribution in [0.1, 0.15) is 27.7 Å². The summed E-state index contributed by atoms with van der Waals surface area (Å²) in [5.41, 5.74) is 3.45. The molecule has 2 heterocycles. The molecule has 5 nitrogen and oxygen atoms in total. The second-order valence-corrected chi connectivity index (χ2v) is 6.62. The number of thiophene rings is 1. The fraction of sp³-hybridized carbons (Fsp3) is 0.571. The van der Waals surface area contributed by atoms with Crippen molar-refractivity contribution in [2.24, 2.45) is 23.6 Å². The number of hydrogen-bond donors (Lipinski definition) is 3. The molecule has 0 saturated carbocycles. The van der Waals surface area contributed by atoms with Crippen LogP contribution in [0.4, 0.5) is 11.8 Å². The fourth-order valence-corrected chi connectivity index (χ4v) is 3.30. The molecule has 110 valence electrons. The summed E-state index contributed by atoms with van der Waals surface area (Å²) in [6, 6.07) is 1.98. The Balaban J connectivity index is 2.22. The summed E-state index contributed by atoms with van der Waals surface area (Å²) in [5.74, 6) is 8.62. The summed E-state index contributed by atoms with van der Waals surface area (Å²) in [4.78, 5) is 8.77.